The fourth-order valence-corrected chi connectivity index (χ4v) is 3.89. The van der Waals surface area contributed by atoms with Gasteiger partial charge in [-0.2, -0.15) is 0 Å². The third-order valence-corrected chi connectivity index (χ3v) is 6.18. The molecule has 1 amide bonds. The Labute approximate surface area is 155 Å². The van der Waals surface area contributed by atoms with Crippen molar-refractivity contribution >= 4 is 58.8 Å². The van der Waals surface area contributed by atoms with Gasteiger partial charge in [0.05, 0.1) is 0 Å². The first kappa shape index (κ1) is 24.1. The summed E-state index contributed by atoms with van der Waals surface area (Å²) in [6.45, 7) is 2.07. The minimum absolute atomic E-state index is 0. The summed E-state index contributed by atoms with van der Waals surface area (Å²) in [5.41, 5.74) is 0. The molecule has 96 valence electrons. The molecule has 0 heterocycles. The summed E-state index contributed by atoms with van der Waals surface area (Å²) in [5.74, 6) is -0.927. The van der Waals surface area contributed by atoms with E-state index in [2.05, 4.69) is 0 Å². The normalized spacial score (nSPS) is 12.1. The maximum atomic E-state index is 11.1. The SMILES string of the molecule is CCC(NC(C)=O)(P(=O)(O)O)P(=O)(O)O.[Ca+2].[H-].[H-].[H-].[Na+]. The van der Waals surface area contributed by atoms with E-state index >= 15 is 0 Å². The molecule has 0 saturated heterocycles. The molecule has 12 heteroatoms. The van der Waals surface area contributed by atoms with Crippen LogP contribution in [-0.4, -0.2) is 68.2 Å². The van der Waals surface area contributed by atoms with Crippen LogP contribution in [0.3, 0.4) is 0 Å². The Morgan fingerprint density at radius 3 is 1.59 bits per heavy atom. The maximum Gasteiger partial charge on any atom is 2.00 e. The molecule has 0 aromatic heterocycles. The maximum absolute atomic E-state index is 11.1. The minimum Gasteiger partial charge on any atom is -1.00 e. The zero-order valence-corrected chi connectivity index (χ0v) is 15.8. The van der Waals surface area contributed by atoms with Crippen LogP contribution in [0, 0.1) is 0 Å². The second-order valence-corrected chi connectivity index (χ2v) is 7.00. The molecular formula is C5H16CaNNaO7P2. The van der Waals surface area contributed by atoms with E-state index in [1.54, 1.807) is 5.32 Å². The molecule has 5 N–H and O–H groups in total. The number of rotatable bonds is 4. The number of hydrogen-bond acceptors (Lipinski definition) is 3. The molecular weight excluding hydrogens is 311 g/mol. The molecule has 0 aliphatic carbocycles. The summed E-state index contributed by atoms with van der Waals surface area (Å²) in [4.78, 5) is 46.4. The van der Waals surface area contributed by atoms with Gasteiger partial charge < -0.3 is 29.2 Å². The van der Waals surface area contributed by atoms with Crippen LogP contribution >= 0.6 is 15.2 Å². The van der Waals surface area contributed by atoms with Gasteiger partial charge in [0.2, 0.25) is 10.9 Å². The number of amides is 1. The molecule has 17 heavy (non-hydrogen) atoms. The topological polar surface area (TPSA) is 144 Å². The molecule has 0 radical (unpaired) electrons. The fraction of sp³-hybridized carbons (Fsp3) is 0.800. The molecule has 0 aliphatic rings. The summed E-state index contributed by atoms with van der Waals surface area (Å²) in [6, 6.07) is 0. The van der Waals surface area contributed by atoms with Crippen LogP contribution in [0.4, 0.5) is 0 Å². The fourth-order valence-electron chi connectivity index (χ4n) is 1.10. The first-order valence-electron chi connectivity index (χ1n) is 3.88. The van der Waals surface area contributed by atoms with Crippen LogP contribution in [-0.2, 0) is 13.9 Å². The van der Waals surface area contributed by atoms with Crippen LogP contribution in [0.5, 0.6) is 0 Å². The van der Waals surface area contributed by atoms with E-state index < -0.39 is 32.5 Å². The Morgan fingerprint density at radius 1 is 1.24 bits per heavy atom. The predicted octanol–water partition coefficient (Wildman–Crippen LogP) is -3.50. The van der Waals surface area contributed by atoms with E-state index in [1.807, 2.05) is 0 Å². The van der Waals surface area contributed by atoms with Crippen molar-refractivity contribution in [3.8, 4) is 0 Å². The summed E-state index contributed by atoms with van der Waals surface area (Å²) in [5, 5.41) is -1.17. The number of hydrogen-bond donors (Lipinski definition) is 5. The second-order valence-electron chi connectivity index (χ2n) is 2.94. The van der Waals surface area contributed by atoms with E-state index in [-0.39, 0.29) is 71.6 Å². The van der Waals surface area contributed by atoms with Crippen LogP contribution in [0.15, 0.2) is 0 Å². The van der Waals surface area contributed by atoms with Gasteiger partial charge in [-0.25, -0.2) is 0 Å². The summed E-state index contributed by atoms with van der Waals surface area (Å²) in [7, 11) is -10.4. The largest absolute Gasteiger partial charge is 2.00 e. The average Bonchev–Trinajstić information content (AvgIpc) is 1.94. The first-order chi connectivity index (χ1) is 6.48. The van der Waals surface area contributed by atoms with Gasteiger partial charge in [-0.05, 0) is 6.42 Å². The van der Waals surface area contributed by atoms with Crippen molar-refractivity contribution in [3.05, 3.63) is 0 Å². The van der Waals surface area contributed by atoms with Crippen molar-refractivity contribution in [2.45, 2.75) is 25.3 Å². The monoisotopic (exact) mass is 327 g/mol. The van der Waals surface area contributed by atoms with Crippen molar-refractivity contribution in [2.24, 2.45) is 0 Å². The zero-order valence-electron chi connectivity index (χ0n) is 12.8. The van der Waals surface area contributed by atoms with Gasteiger partial charge in [0.15, 0.2) is 0 Å². The molecule has 0 rings (SSSR count). The Balaban J connectivity index is -0.0000000980. The zero-order chi connectivity index (χ0) is 12.5. The molecule has 0 saturated carbocycles. The number of carbonyl (C=O) groups is 1. The molecule has 0 atom stereocenters. The Bertz CT molecular complexity index is 342. The number of carbonyl (C=O) groups excluding carboxylic acids is 1. The summed E-state index contributed by atoms with van der Waals surface area (Å²) >= 11 is 0. The van der Waals surface area contributed by atoms with Crippen molar-refractivity contribution < 1.29 is 67.3 Å². The Hall–Kier alpha value is 2.03. The third kappa shape index (κ3) is 5.90. The van der Waals surface area contributed by atoms with E-state index in [9.17, 15) is 13.9 Å². The molecule has 0 aromatic carbocycles. The van der Waals surface area contributed by atoms with Crippen molar-refractivity contribution in [2.75, 3.05) is 0 Å². The van der Waals surface area contributed by atoms with E-state index in [4.69, 9.17) is 19.6 Å². The van der Waals surface area contributed by atoms with E-state index in [1.165, 1.54) is 0 Å². The van der Waals surface area contributed by atoms with Crippen LogP contribution in [0.2, 0.25) is 0 Å². The van der Waals surface area contributed by atoms with Crippen molar-refractivity contribution in [1.29, 1.82) is 0 Å². The van der Waals surface area contributed by atoms with Gasteiger partial charge in [0, 0.05) is 6.92 Å². The standard InChI is InChI=1S/C5H13NO7P2.Ca.Na.3H/c1-3-5(6-4(2)7,14(8,9)10)15(11,12)13;;;;;/h3H2,1-2H3,(H,6,7)(H2,8,9,10)(H2,11,12,13);;;;;/q;+2;+1;3*-1. The smallest absolute Gasteiger partial charge is 1.00 e. The van der Waals surface area contributed by atoms with Crippen molar-refractivity contribution in [1.82, 2.24) is 5.32 Å². The summed E-state index contributed by atoms with van der Waals surface area (Å²) in [6.07, 6.45) is -0.582. The minimum atomic E-state index is -5.18. The van der Waals surface area contributed by atoms with Gasteiger partial charge in [0.25, 0.3) is 0 Å². The molecule has 0 aromatic rings. The van der Waals surface area contributed by atoms with Crippen LogP contribution < -0.4 is 34.9 Å². The summed E-state index contributed by atoms with van der Waals surface area (Å²) < 4.78 is 22.1. The predicted molar refractivity (Wildman–Crippen MR) is 60.0 cm³/mol. The quantitative estimate of drug-likeness (QED) is 0.266. The van der Waals surface area contributed by atoms with Gasteiger partial charge in [0.1, 0.15) is 0 Å². The molecule has 0 unspecified atom stereocenters. The molecule has 0 spiro atoms. The van der Waals surface area contributed by atoms with Crippen LogP contribution in [0.25, 0.3) is 0 Å². The molecule has 8 nitrogen and oxygen atoms in total. The first-order valence-corrected chi connectivity index (χ1v) is 7.10. The van der Waals surface area contributed by atoms with E-state index in [0.717, 1.165) is 13.8 Å². The van der Waals surface area contributed by atoms with Gasteiger partial charge in [-0.1, -0.05) is 6.92 Å². The van der Waals surface area contributed by atoms with E-state index in [0.29, 0.717) is 0 Å². The molecule has 0 aliphatic heterocycles. The second kappa shape index (κ2) is 8.35. The molecule has 0 bridgehead atoms. The third-order valence-electron chi connectivity index (χ3n) is 1.83. The van der Waals surface area contributed by atoms with Gasteiger partial charge >= 0.3 is 82.5 Å². The average molecular weight is 327 g/mol. The van der Waals surface area contributed by atoms with Crippen LogP contribution in [0.1, 0.15) is 24.5 Å². The number of nitrogens with one attached hydrogen (secondary N) is 1. The van der Waals surface area contributed by atoms with Gasteiger partial charge in [-0.3, -0.25) is 13.9 Å². The van der Waals surface area contributed by atoms with Crippen molar-refractivity contribution in [3.63, 3.8) is 0 Å². The Kier molecular flexibility index (Phi) is 11.8. The molecule has 0 fully saturated rings. The Morgan fingerprint density at radius 2 is 1.53 bits per heavy atom. The van der Waals surface area contributed by atoms with Gasteiger partial charge in [-0.15, -0.1) is 0 Å².